The Bertz CT molecular complexity index is 1440. The number of anilines is 1. The summed E-state index contributed by atoms with van der Waals surface area (Å²) < 4.78 is 17.1. The Morgan fingerprint density at radius 3 is 2.68 bits per heavy atom. The number of carbonyl (C=O) groups is 1. The standard InChI is InChI=1S/C25H23N3O5S/c1-4-11-32-16-8-6-7-14(12-16)21-20-22(29)17-10-9-15(31-3)13-18(17)33-23(20)24(30)28(21)25-27-26-19(5-2)34-25/h6-10,12-13,21H,4-5,11H2,1-3H3. The zero-order chi connectivity index (χ0) is 23.8. The van der Waals surface area contributed by atoms with Gasteiger partial charge in [0.05, 0.1) is 30.7 Å². The van der Waals surface area contributed by atoms with Gasteiger partial charge in [0.15, 0.2) is 5.43 Å². The average molecular weight is 478 g/mol. The number of benzene rings is 2. The second kappa shape index (κ2) is 8.90. The van der Waals surface area contributed by atoms with Crippen molar-refractivity contribution in [2.24, 2.45) is 0 Å². The van der Waals surface area contributed by atoms with Crippen molar-refractivity contribution < 1.29 is 18.7 Å². The maximum Gasteiger partial charge on any atom is 0.297 e. The summed E-state index contributed by atoms with van der Waals surface area (Å²) in [6.45, 7) is 4.57. The molecule has 5 rings (SSSR count). The van der Waals surface area contributed by atoms with Gasteiger partial charge in [-0.05, 0) is 42.7 Å². The number of aryl methyl sites for hydroxylation is 1. The minimum absolute atomic E-state index is 0.00359. The van der Waals surface area contributed by atoms with E-state index in [2.05, 4.69) is 10.2 Å². The molecule has 0 saturated carbocycles. The highest BCUT2D eigenvalue weighted by Gasteiger charge is 2.45. The molecule has 2 aromatic heterocycles. The molecular weight excluding hydrogens is 454 g/mol. The number of aromatic nitrogens is 2. The number of ether oxygens (including phenoxy) is 2. The third-order valence-corrected chi connectivity index (χ3v) is 6.76. The van der Waals surface area contributed by atoms with Gasteiger partial charge in [0.1, 0.15) is 22.1 Å². The van der Waals surface area contributed by atoms with Gasteiger partial charge in [0.25, 0.3) is 5.91 Å². The van der Waals surface area contributed by atoms with Gasteiger partial charge in [-0.1, -0.05) is 37.3 Å². The highest BCUT2D eigenvalue weighted by atomic mass is 32.1. The van der Waals surface area contributed by atoms with E-state index in [1.807, 2.05) is 38.1 Å². The molecule has 1 aliphatic heterocycles. The van der Waals surface area contributed by atoms with Crippen LogP contribution in [0.2, 0.25) is 0 Å². The number of rotatable bonds is 7. The SMILES string of the molecule is CCCOc1cccc(C2c3c(oc4cc(OC)ccc4c3=O)C(=O)N2c2nnc(CC)s2)c1. The van der Waals surface area contributed by atoms with E-state index in [4.69, 9.17) is 13.9 Å². The highest BCUT2D eigenvalue weighted by Crippen LogP contribution is 2.43. The average Bonchev–Trinajstić information content (AvgIpc) is 3.45. The molecule has 0 spiro atoms. The quantitative estimate of drug-likeness (QED) is 0.379. The Labute approximate surface area is 199 Å². The Kier molecular flexibility index (Phi) is 5.79. The maximum atomic E-state index is 13.7. The van der Waals surface area contributed by atoms with Gasteiger partial charge in [-0.25, -0.2) is 0 Å². The fraction of sp³-hybridized carbons (Fsp3) is 0.280. The molecule has 0 fully saturated rings. The van der Waals surface area contributed by atoms with Crippen LogP contribution in [0.5, 0.6) is 11.5 Å². The molecule has 1 unspecified atom stereocenters. The molecule has 0 bridgehead atoms. The number of amides is 1. The van der Waals surface area contributed by atoms with E-state index in [9.17, 15) is 9.59 Å². The third-order valence-electron chi connectivity index (χ3n) is 5.69. The lowest BCUT2D eigenvalue weighted by Crippen LogP contribution is -2.29. The van der Waals surface area contributed by atoms with Crippen molar-refractivity contribution in [3.05, 3.63) is 74.6 Å². The molecule has 3 heterocycles. The second-order valence-electron chi connectivity index (χ2n) is 7.87. The van der Waals surface area contributed by atoms with Crippen LogP contribution in [-0.4, -0.2) is 29.8 Å². The second-order valence-corrected chi connectivity index (χ2v) is 8.91. The van der Waals surface area contributed by atoms with Crippen LogP contribution in [0.3, 0.4) is 0 Å². The summed E-state index contributed by atoms with van der Waals surface area (Å²) >= 11 is 1.33. The van der Waals surface area contributed by atoms with Crippen LogP contribution >= 0.6 is 11.3 Å². The van der Waals surface area contributed by atoms with Crippen molar-refractivity contribution in [3.8, 4) is 11.5 Å². The summed E-state index contributed by atoms with van der Waals surface area (Å²) in [6, 6.07) is 11.7. The topological polar surface area (TPSA) is 94.8 Å². The molecule has 0 N–H and O–H groups in total. The van der Waals surface area contributed by atoms with Crippen LogP contribution in [0.4, 0.5) is 5.13 Å². The molecule has 1 aliphatic rings. The molecule has 0 saturated heterocycles. The van der Waals surface area contributed by atoms with Gasteiger partial charge < -0.3 is 13.9 Å². The Morgan fingerprint density at radius 2 is 1.94 bits per heavy atom. The summed E-state index contributed by atoms with van der Waals surface area (Å²) in [5, 5.41) is 10.0. The molecule has 4 aromatic rings. The summed E-state index contributed by atoms with van der Waals surface area (Å²) in [7, 11) is 1.53. The Balaban J connectivity index is 1.73. The van der Waals surface area contributed by atoms with E-state index in [0.717, 1.165) is 17.0 Å². The number of hydrogen-bond acceptors (Lipinski definition) is 8. The first-order chi connectivity index (χ1) is 16.5. The third kappa shape index (κ3) is 3.62. The van der Waals surface area contributed by atoms with E-state index in [-0.39, 0.29) is 16.8 Å². The normalized spacial score (nSPS) is 15.1. The van der Waals surface area contributed by atoms with Gasteiger partial charge in [-0.15, -0.1) is 10.2 Å². The molecule has 34 heavy (non-hydrogen) atoms. The van der Waals surface area contributed by atoms with Crippen molar-refractivity contribution in [2.45, 2.75) is 32.7 Å². The minimum atomic E-state index is -0.715. The fourth-order valence-electron chi connectivity index (χ4n) is 4.07. The van der Waals surface area contributed by atoms with Gasteiger partial charge >= 0.3 is 0 Å². The molecule has 174 valence electrons. The van der Waals surface area contributed by atoms with Crippen LogP contribution in [0.1, 0.15) is 53.0 Å². The largest absolute Gasteiger partial charge is 0.497 e. The molecule has 8 nitrogen and oxygen atoms in total. The number of carbonyl (C=O) groups excluding carboxylic acids is 1. The summed E-state index contributed by atoms with van der Waals surface area (Å²) in [5.41, 5.74) is 1.04. The van der Waals surface area contributed by atoms with Gasteiger partial charge in [0, 0.05) is 6.07 Å². The van der Waals surface area contributed by atoms with E-state index in [1.54, 1.807) is 18.2 Å². The van der Waals surface area contributed by atoms with E-state index < -0.39 is 11.9 Å². The van der Waals surface area contributed by atoms with Crippen LogP contribution in [-0.2, 0) is 6.42 Å². The maximum absolute atomic E-state index is 13.7. The molecular formula is C25H23N3O5S. The van der Waals surface area contributed by atoms with Gasteiger partial charge in [-0.3, -0.25) is 14.5 Å². The summed E-state index contributed by atoms with van der Waals surface area (Å²) in [4.78, 5) is 28.9. The number of methoxy groups -OCH3 is 1. The van der Waals surface area contributed by atoms with Crippen molar-refractivity contribution in [1.82, 2.24) is 10.2 Å². The monoisotopic (exact) mass is 477 g/mol. The Morgan fingerprint density at radius 1 is 1.09 bits per heavy atom. The first-order valence-corrected chi connectivity index (χ1v) is 11.9. The van der Waals surface area contributed by atoms with Gasteiger partial charge in [-0.2, -0.15) is 0 Å². The predicted molar refractivity (Wildman–Crippen MR) is 129 cm³/mol. The van der Waals surface area contributed by atoms with Crippen LogP contribution in [0, 0.1) is 0 Å². The fourth-order valence-corrected chi connectivity index (χ4v) is 4.88. The first kappa shape index (κ1) is 22.1. The zero-order valence-electron chi connectivity index (χ0n) is 19.0. The van der Waals surface area contributed by atoms with Crippen molar-refractivity contribution in [2.75, 3.05) is 18.6 Å². The van der Waals surface area contributed by atoms with Crippen molar-refractivity contribution >= 4 is 33.3 Å². The number of fused-ring (bicyclic) bond motifs is 2. The van der Waals surface area contributed by atoms with Crippen LogP contribution in [0.15, 0.2) is 51.7 Å². The summed E-state index contributed by atoms with van der Waals surface area (Å²) in [6.07, 6.45) is 1.56. The predicted octanol–water partition coefficient (Wildman–Crippen LogP) is 4.75. The summed E-state index contributed by atoms with van der Waals surface area (Å²) in [5.74, 6) is 0.776. The number of nitrogens with zero attached hydrogens (tertiary/aromatic N) is 3. The zero-order valence-corrected chi connectivity index (χ0v) is 19.8. The first-order valence-electron chi connectivity index (χ1n) is 11.1. The minimum Gasteiger partial charge on any atom is -0.497 e. The Hall–Kier alpha value is -3.72. The van der Waals surface area contributed by atoms with Crippen molar-refractivity contribution in [1.29, 1.82) is 0 Å². The van der Waals surface area contributed by atoms with E-state index >= 15 is 0 Å². The lowest BCUT2D eigenvalue weighted by atomic mass is 9.98. The van der Waals surface area contributed by atoms with Crippen LogP contribution in [0.25, 0.3) is 11.0 Å². The van der Waals surface area contributed by atoms with Crippen LogP contribution < -0.4 is 19.8 Å². The number of hydrogen-bond donors (Lipinski definition) is 0. The molecule has 0 aliphatic carbocycles. The lowest BCUT2D eigenvalue weighted by molar-refractivity contribution is 0.0970. The van der Waals surface area contributed by atoms with Crippen molar-refractivity contribution in [3.63, 3.8) is 0 Å². The molecule has 0 radical (unpaired) electrons. The molecule has 9 heteroatoms. The highest BCUT2D eigenvalue weighted by molar-refractivity contribution is 7.15. The van der Waals surface area contributed by atoms with E-state index in [1.165, 1.54) is 23.3 Å². The van der Waals surface area contributed by atoms with Gasteiger partial charge in [0.2, 0.25) is 10.9 Å². The smallest absolute Gasteiger partial charge is 0.297 e. The molecule has 2 aromatic carbocycles. The molecule has 1 atom stereocenters. The van der Waals surface area contributed by atoms with E-state index in [0.29, 0.717) is 40.6 Å². The lowest BCUT2D eigenvalue weighted by Gasteiger charge is -2.22. The molecule has 1 amide bonds.